The van der Waals surface area contributed by atoms with Gasteiger partial charge in [-0.3, -0.25) is 4.79 Å². The molecule has 2 aromatic carbocycles. The summed E-state index contributed by atoms with van der Waals surface area (Å²) in [7, 11) is 0. The Labute approximate surface area is 169 Å². The summed E-state index contributed by atoms with van der Waals surface area (Å²) in [6.07, 6.45) is -1.58. The number of hydrogen-bond acceptors (Lipinski definition) is 5. The third-order valence-electron chi connectivity index (χ3n) is 5.15. The van der Waals surface area contributed by atoms with Crippen molar-refractivity contribution >= 4 is 16.9 Å². The molecule has 29 heavy (non-hydrogen) atoms. The van der Waals surface area contributed by atoms with Crippen molar-refractivity contribution < 1.29 is 19.1 Å². The molecule has 6 heteroatoms. The van der Waals surface area contributed by atoms with Gasteiger partial charge in [0.2, 0.25) is 0 Å². The Kier molecular flexibility index (Phi) is 6.03. The molecule has 1 amide bonds. The molecule has 3 rings (SSSR count). The molecular weight excluding hydrogens is 370 g/mol. The highest BCUT2D eigenvalue weighted by Gasteiger charge is 2.19. The van der Waals surface area contributed by atoms with Crippen LogP contribution in [0.15, 0.2) is 51.7 Å². The van der Waals surface area contributed by atoms with Gasteiger partial charge in [-0.1, -0.05) is 30.3 Å². The molecule has 0 saturated heterocycles. The van der Waals surface area contributed by atoms with Crippen molar-refractivity contribution in [3.63, 3.8) is 0 Å². The van der Waals surface area contributed by atoms with Gasteiger partial charge in [0.25, 0.3) is 5.91 Å². The third kappa shape index (κ3) is 4.32. The molecule has 6 nitrogen and oxygen atoms in total. The van der Waals surface area contributed by atoms with Gasteiger partial charge in [-0.2, -0.15) is 0 Å². The molecule has 2 N–H and O–H groups in total. The largest absolute Gasteiger partial charge is 0.480 e. The Morgan fingerprint density at radius 2 is 1.76 bits per heavy atom. The molecule has 0 aliphatic heterocycles. The van der Waals surface area contributed by atoms with Gasteiger partial charge >= 0.3 is 5.63 Å². The number of aliphatic hydroxyl groups is 1. The van der Waals surface area contributed by atoms with Crippen LogP contribution in [-0.2, 0) is 4.79 Å². The van der Waals surface area contributed by atoms with Gasteiger partial charge in [0.05, 0.1) is 6.10 Å². The number of aryl methyl sites for hydroxylation is 2. The smallest absolute Gasteiger partial charge is 0.339 e. The quantitative estimate of drug-likeness (QED) is 0.625. The number of carbonyl (C=O) groups is 1. The summed E-state index contributed by atoms with van der Waals surface area (Å²) in [5.41, 5.74) is 2.92. The summed E-state index contributed by atoms with van der Waals surface area (Å²) in [5.74, 6) is 0.121. The topological polar surface area (TPSA) is 88.8 Å². The third-order valence-corrected chi connectivity index (χ3v) is 5.15. The Morgan fingerprint density at radius 1 is 1.07 bits per heavy atom. The Hall–Kier alpha value is -3.12. The minimum atomic E-state index is -0.796. The van der Waals surface area contributed by atoms with Crippen LogP contribution in [0.2, 0.25) is 0 Å². The van der Waals surface area contributed by atoms with E-state index in [1.165, 1.54) is 0 Å². The van der Waals surface area contributed by atoms with Crippen LogP contribution < -0.4 is 15.7 Å². The fourth-order valence-electron chi connectivity index (χ4n) is 3.13. The zero-order valence-electron chi connectivity index (χ0n) is 17.0. The van der Waals surface area contributed by atoms with E-state index in [4.69, 9.17) is 9.15 Å². The van der Waals surface area contributed by atoms with Crippen molar-refractivity contribution in [2.45, 2.75) is 39.9 Å². The monoisotopic (exact) mass is 395 g/mol. The lowest BCUT2D eigenvalue weighted by molar-refractivity contribution is -0.127. The maximum absolute atomic E-state index is 12.4. The number of ether oxygens (including phenoxy) is 1. The molecule has 0 aliphatic rings. The highest BCUT2D eigenvalue weighted by molar-refractivity contribution is 5.86. The Morgan fingerprint density at radius 3 is 2.45 bits per heavy atom. The number of amides is 1. The minimum absolute atomic E-state index is 0.0839. The maximum atomic E-state index is 12.4. The van der Waals surface area contributed by atoms with Gasteiger partial charge < -0.3 is 19.6 Å². The van der Waals surface area contributed by atoms with Crippen LogP contribution >= 0.6 is 0 Å². The summed E-state index contributed by atoms with van der Waals surface area (Å²) >= 11 is 0. The highest BCUT2D eigenvalue weighted by Crippen LogP contribution is 2.29. The van der Waals surface area contributed by atoms with Crippen LogP contribution in [0.5, 0.6) is 5.75 Å². The van der Waals surface area contributed by atoms with Crippen molar-refractivity contribution in [2.24, 2.45) is 0 Å². The highest BCUT2D eigenvalue weighted by atomic mass is 16.5. The molecular formula is C23H25NO5. The van der Waals surface area contributed by atoms with Gasteiger partial charge in [0.1, 0.15) is 11.3 Å². The first-order valence-electron chi connectivity index (χ1n) is 9.50. The van der Waals surface area contributed by atoms with Gasteiger partial charge in [0, 0.05) is 23.1 Å². The first-order valence-corrected chi connectivity index (χ1v) is 9.50. The van der Waals surface area contributed by atoms with E-state index >= 15 is 0 Å². The standard InChI is InChI=1S/C23H25NO5/c1-13-14(2)23(27)29-21-15(3)20(11-10-18(13)21)28-16(4)22(26)24-12-19(25)17-8-6-5-7-9-17/h5-11,16,19,25H,12H2,1-4H3,(H,24,26)/t16-,19-/m0/s1. The normalized spacial score (nSPS) is 13.1. The summed E-state index contributed by atoms with van der Waals surface area (Å²) in [4.78, 5) is 24.4. The lowest BCUT2D eigenvalue weighted by atomic mass is 10.0. The molecule has 0 radical (unpaired) electrons. The number of fused-ring (bicyclic) bond motifs is 1. The summed E-state index contributed by atoms with van der Waals surface area (Å²) < 4.78 is 11.3. The molecule has 3 aromatic rings. The zero-order valence-corrected chi connectivity index (χ0v) is 17.0. The molecule has 0 fully saturated rings. The fourth-order valence-corrected chi connectivity index (χ4v) is 3.13. The second-order valence-electron chi connectivity index (χ2n) is 7.14. The average molecular weight is 395 g/mol. The molecule has 0 bridgehead atoms. The summed E-state index contributed by atoms with van der Waals surface area (Å²) in [6.45, 7) is 7.11. The van der Waals surface area contributed by atoms with E-state index in [1.807, 2.05) is 31.2 Å². The molecule has 0 unspecified atom stereocenters. The molecule has 0 saturated carbocycles. The van der Waals surface area contributed by atoms with E-state index in [2.05, 4.69) is 5.32 Å². The molecule has 0 aliphatic carbocycles. The van der Waals surface area contributed by atoms with E-state index in [1.54, 1.807) is 39.0 Å². The van der Waals surface area contributed by atoms with Gasteiger partial charge in [-0.25, -0.2) is 4.79 Å². The molecule has 2 atom stereocenters. The van der Waals surface area contributed by atoms with E-state index in [0.29, 0.717) is 22.5 Å². The predicted octanol–water partition coefficient (Wildman–Crippen LogP) is 3.34. The molecule has 152 valence electrons. The number of carbonyl (C=O) groups excluding carboxylic acids is 1. The molecule has 1 aromatic heterocycles. The molecule has 0 spiro atoms. The second-order valence-corrected chi connectivity index (χ2v) is 7.14. The predicted molar refractivity (Wildman–Crippen MR) is 111 cm³/mol. The number of nitrogens with one attached hydrogen (secondary N) is 1. The van der Waals surface area contributed by atoms with Crippen LogP contribution in [0.3, 0.4) is 0 Å². The lowest BCUT2D eigenvalue weighted by Gasteiger charge is -2.18. The summed E-state index contributed by atoms with van der Waals surface area (Å²) in [6, 6.07) is 12.7. The van der Waals surface area contributed by atoms with Crippen LogP contribution in [0.1, 0.15) is 35.3 Å². The minimum Gasteiger partial charge on any atom is -0.480 e. The van der Waals surface area contributed by atoms with Crippen LogP contribution in [0.4, 0.5) is 0 Å². The van der Waals surface area contributed by atoms with Crippen LogP contribution in [0.25, 0.3) is 11.0 Å². The van der Waals surface area contributed by atoms with E-state index in [9.17, 15) is 14.7 Å². The number of hydrogen-bond donors (Lipinski definition) is 2. The second kappa shape index (κ2) is 8.49. The van der Waals surface area contributed by atoms with Crippen molar-refractivity contribution in [3.05, 3.63) is 75.1 Å². The number of rotatable bonds is 6. The van der Waals surface area contributed by atoms with Gasteiger partial charge in [-0.05, 0) is 51.0 Å². The van der Waals surface area contributed by atoms with Gasteiger partial charge in [-0.15, -0.1) is 0 Å². The van der Waals surface area contributed by atoms with Crippen LogP contribution in [0, 0.1) is 20.8 Å². The van der Waals surface area contributed by atoms with Gasteiger partial charge in [0.15, 0.2) is 6.10 Å². The number of aliphatic hydroxyl groups excluding tert-OH is 1. The first-order chi connectivity index (χ1) is 13.8. The number of benzene rings is 2. The van der Waals surface area contributed by atoms with Crippen molar-refractivity contribution in [2.75, 3.05) is 6.54 Å². The Balaban J connectivity index is 1.71. The van der Waals surface area contributed by atoms with Crippen molar-refractivity contribution in [1.82, 2.24) is 5.32 Å². The van der Waals surface area contributed by atoms with Crippen molar-refractivity contribution in [1.29, 1.82) is 0 Å². The van der Waals surface area contributed by atoms with Crippen LogP contribution in [-0.4, -0.2) is 23.7 Å². The zero-order chi connectivity index (χ0) is 21.1. The average Bonchev–Trinajstić information content (AvgIpc) is 2.73. The van der Waals surface area contributed by atoms with Crippen molar-refractivity contribution in [3.8, 4) is 5.75 Å². The fraction of sp³-hybridized carbons (Fsp3) is 0.304. The summed E-state index contributed by atoms with van der Waals surface area (Å²) in [5, 5.41) is 13.7. The van der Waals surface area contributed by atoms with E-state index < -0.39 is 12.2 Å². The van der Waals surface area contributed by atoms with E-state index in [-0.39, 0.29) is 18.1 Å². The maximum Gasteiger partial charge on any atom is 0.339 e. The molecule has 1 heterocycles. The Bertz CT molecular complexity index is 1090. The first kappa shape index (κ1) is 20.6. The van der Waals surface area contributed by atoms with E-state index in [0.717, 1.165) is 16.5 Å². The SMILES string of the molecule is Cc1c(C)c2ccc(O[C@@H](C)C(=O)NC[C@H](O)c3ccccc3)c(C)c2oc1=O. The lowest BCUT2D eigenvalue weighted by Crippen LogP contribution is -2.38.